The van der Waals surface area contributed by atoms with Gasteiger partial charge in [0.1, 0.15) is 5.76 Å². The molecular weight excluding hydrogens is 362 g/mol. The molecule has 27 heavy (non-hydrogen) atoms. The average Bonchev–Trinajstić information content (AvgIpc) is 3.36. The molecular formula is C20H27N3O3S. The Morgan fingerprint density at radius 1 is 1.22 bits per heavy atom. The van der Waals surface area contributed by atoms with Crippen LogP contribution in [0.3, 0.4) is 0 Å². The van der Waals surface area contributed by atoms with Crippen LogP contribution >= 0.6 is 11.3 Å². The maximum Gasteiger partial charge on any atom is 0.222 e. The van der Waals surface area contributed by atoms with Gasteiger partial charge in [0.25, 0.3) is 0 Å². The molecule has 146 valence electrons. The summed E-state index contributed by atoms with van der Waals surface area (Å²) in [6.07, 6.45) is 5.51. The van der Waals surface area contributed by atoms with Crippen LogP contribution in [0.1, 0.15) is 55.3 Å². The first kappa shape index (κ1) is 19.6. The lowest BCUT2D eigenvalue weighted by molar-refractivity contribution is -0.123. The van der Waals surface area contributed by atoms with E-state index in [1.54, 1.807) is 17.6 Å². The van der Waals surface area contributed by atoms with Crippen LogP contribution in [-0.4, -0.2) is 36.3 Å². The van der Waals surface area contributed by atoms with E-state index in [4.69, 9.17) is 4.42 Å². The van der Waals surface area contributed by atoms with Crippen LogP contribution in [0.2, 0.25) is 0 Å². The van der Waals surface area contributed by atoms with Gasteiger partial charge in [-0.15, -0.1) is 11.3 Å². The number of piperidine rings is 1. The summed E-state index contributed by atoms with van der Waals surface area (Å²) in [6, 6.07) is 7.48. The van der Waals surface area contributed by atoms with Crippen LogP contribution in [0.25, 0.3) is 0 Å². The predicted octanol–water partition coefficient (Wildman–Crippen LogP) is 3.25. The fourth-order valence-corrected chi connectivity index (χ4v) is 4.32. The Bertz CT molecular complexity index is 709. The second kappa shape index (κ2) is 9.71. The van der Waals surface area contributed by atoms with Crippen molar-refractivity contribution in [2.24, 2.45) is 0 Å². The first-order chi connectivity index (χ1) is 13.1. The molecule has 3 heterocycles. The number of amides is 2. The molecule has 3 rings (SSSR count). The Hall–Kier alpha value is -2.12. The number of likely N-dealkylation sites (tertiary alicyclic amines) is 1. The maximum absolute atomic E-state index is 12.6. The molecule has 1 aliphatic rings. The van der Waals surface area contributed by atoms with Gasteiger partial charge < -0.3 is 15.1 Å². The molecule has 7 heteroatoms. The fraction of sp³-hybridized carbons (Fsp3) is 0.500. The Labute approximate surface area is 163 Å². The molecule has 0 bridgehead atoms. The third kappa shape index (κ3) is 5.68. The summed E-state index contributed by atoms with van der Waals surface area (Å²) in [5.74, 6) is 0.674. The Balaban J connectivity index is 1.60. The number of furan rings is 1. The maximum atomic E-state index is 12.6. The third-order valence-electron chi connectivity index (χ3n) is 4.85. The molecule has 2 N–H and O–H groups in total. The van der Waals surface area contributed by atoms with E-state index in [2.05, 4.69) is 15.5 Å². The molecule has 2 atom stereocenters. The SMILES string of the molecule is CC(=O)N[C@H](CC(=O)NC[C@@H](c1ccco1)N1CCCCC1)c1cccs1. The van der Waals surface area contributed by atoms with Crippen molar-refractivity contribution in [1.29, 1.82) is 0 Å². The minimum Gasteiger partial charge on any atom is -0.468 e. The second-order valence-electron chi connectivity index (χ2n) is 6.90. The van der Waals surface area contributed by atoms with Crippen molar-refractivity contribution in [3.05, 3.63) is 46.5 Å². The molecule has 0 aromatic carbocycles. The zero-order valence-corrected chi connectivity index (χ0v) is 16.5. The van der Waals surface area contributed by atoms with E-state index in [9.17, 15) is 9.59 Å². The summed E-state index contributed by atoms with van der Waals surface area (Å²) in [5, 5.41) is 7.87. The summed E-state index contributed by atoms with van der Waals surface area (Å²) in [6.45, 7) is 4.02. The van der Waals surface area contributed by atoms with Crippen molar-refractivity contribution >= 4 is 23.2 Å². The smallest absolute Gasteiger partial charge is 0.222 e. The molecule has 0 aliphatic carbocycles. The van der Waals surface area contributed by atoms with Gasteiger partial charge in [0.05, 0.1) is 24.8 Å². The van der Waals surface area contributed by atoms with Gasteiger partial charge in [-0.1, -0.05) is 12.5 Å². The molecule has 2 aromatic rings. The summed E-state index contributed by atoms with van der Waals surface area (Å²) in [4.78, 5) is 27.4. The number of hydrogen-bond donors (Lipinski definition) is 2. The zero-order chi connectivity index (χ0) is 19.1. The normalized spacial score (nSPS) is 17.2. The van der Waals surface area contributed by atoms with E-state index in [1.807, 2.05) is 29.6 Å². The molecule has 1 saturated heterocycles. The Morgan fingerprint density at radius 3 is 2.67 bits per heavy atom. The number of hydrogen-bond acceptors (Lipinski definition) is 5. The Morgan fingerprint density at radius 2 is 2.04 bits per heavy atom. The van der Waals surface area contributed by atoms with Crippen molar-refractivity contribution < 1.29 is 14.0 Å². The van der Waals surface area contributed by atoms with E-state index >= 15 is 0 Å². The van der Waals surface area contributed by atoms with Gasteiger partial charge in [-0.2, -0.15) is 0 Å². The lowest BCUT2D eigenvalue weighted by Crippen LogP contribution is -2.41. The molecule has 0 unspecified atom stereocenters. The number of carbonyl (C=O) groups is 2. The second-order valence-corrected chi connectivity index (χ2v) is 7.88. The van der Waals surface area contributed by atoms with Gasteiger partial charge in [0.15, 0.2) is 0 Å². The van der Waals surface area contributed by atoms with Crippen LogP contribution in [0.5, 0.6) is 0 Å². The molecule has 1 fully saturated rings. The van der Waals surface area contributed by atoms with E-state index in [1.165, 1.54) is 26.2 Å². The van der Waals surface area contributed by atoms with Crippen molar-refractivity contribution in [2.75, 3.05) is 19.6 Å². The van der Waals surface area contributed by atoms with E-state index in [0.717, 1.165) is 23.7 Å². The lowest BCUT2D eigenvalue weighted by atomic mass is 10.1. The molecule has 6 nitrogen and oxygen atoms in total. The molecule has 0 spiro atoms. The highest BCUT2D eigenvalue weighted by atomic mass is 32.1. The van der Waals surface area contributed by atoms with Crippen LogP contribution < -0.4 is 10.6 Å². The van der Waals surface area contributed by atoms with E-state index in [-0.39, 0.29) is 30.3 Å². The van der Waals surface area contributed by atoms with Crippen molar-refractivity contribution in [1.82, 2.24) is 15.5 Å². The average molecular weight is 390 g/mol. The summed E-state index contributed by atoms with van der Waals surface area (Å²) >= 11 is 1.54. The number of nitrogens with zero attached hydrogens (tertiary/aromatic N) is 1. The number of thiophene rings is 1. The van der Waals surface area contributed by atoms with Gasteiger partial charge in [-0.25, -0.2) is 0 Å². The molecule has 0 saturated carbocycles. The van der Waals surface area contributed by atoms with Crippen LogP contribution in [0, 0.1) is 0 Å². The monoisotopic (exact) mass is 389 g/mol. The van der Waals surface area contributed by atoms with Crippen LogP contribution in [-0.2, 0) is 9.59 Å². The third-order valence-corrected chi connectivity index (χ3v) is 5.84. The summed E-state index contributed by atoms with van der Waals surface area (Å²) < 4.78 is 5.63. The highest BCUT2D eigenvalue weighted by molar-refractivity contribution is 7.10. The van der Waals surface area contributed by atoms with Crippen molar-refractivity contribution in [3.8, 4) is 0 Å². The Kier molecular flexibility index (Phi) is 7.06. The van der Waals surface area contributed by atoms with Crippen LogP contribution in [0.15, 0.2) is 40.3 Å². The minimum absolute atomic E-state index is 0.0465. The number of carbonyl (C=O) groups excluding carboxylic acids is 2. The number of rotatable bonds is 8. The van der Waals surface area contributed by atoms with Crippen LogP contribution in [0.4, 0.5) is 0 Å². The highest BCUT2D eigenvalue weighted by Crippen LogP contribution is 2.25. The summed E-state index contributed by atoms with van der Waals surface area (Å²) in [7, 11) is 0. The summed E-state index contributed by atoms with van der Waals surface area (Å²) in [5.41, 5.74) is 0. The minimum atomic E-state index is -0.292. The predicted molar refractivity (Wildman–Crippen MR) is 105 cm³/mol. The fourth-order valence-electron chi connectivity index (χ4n) is 3.55. The van der Waals surface area contributed by atoms with Crippen molar-refractivity contribution in [3.63, 3.8) is 0 Å². The number of nitrogens with one attached hydrogen (secondary N) is 2. The quantitative estimate of drug-likeness (QED) is 0.727. The van der Waals surface area contributed by atoms with Gasteiger partial charge >= 0.3 is 0 Å². The first-order valence-electron chi connectivity index (χ1n) is 9.48. The topological polar surface area (TPSA) is 74.6 Å². The van der Waals surface area contributed by atoms with Gasteiger partial charge in [0, 0.05) is 18.3 Å². The first-order valence-corrected chi connectivity index (χ1v) is 10.4. The molecule has 2 amide bonds. The molecule has 0 radical (unpaired) electrons. The zero-order valence-electron chi connectivity index (χ0n) is 15.6. The van der Waals surface area contributed by atoms with E-state index in [0.29, 0.717) is 6.54 Å². The standard InChI is InChI=1S/C20H27N3O3S/c1-15(24)22-16(19-8-6-12-27-19)13-20(25)21-14-17(18-7-5-11-26-18)23-9-3-2-4-10-23/h5-8,11-12,16-17H,2-4,9-10,13-14H2,1H3,(H,21,25)(H,22,24)/t16-,17+/m1/s1. The highest BCUT2D eigenvalue weighted by Gasteiger charge is 2.25. The van der Waals surface area contributed by atoms with Gasteiger partial charge in [-0.3, -0.25) is 14.5 Å². The molecule has 1 aliphatic heterocycles. The van der Waals surface area contributed by atoms with Gasteiger partial charge in [-0.05, 0) is 49.5 Å². The van der Waals surface area contributed by atoms with E-state index < -0.39 is 0 Å². The van der Waals surface area contributed by atoms with Crippen molar-refractivity contribution in [2.45, 2.75) is 44.7 Å². The largest absolute Gasteiger partial charge is 0.468 e. The van der Waals surface area contributed by atoms with Gasteiger partial charge in [0.2, 0.25) is 11.8 Å². The lowest BCUT2D eigenvalue weighted by Gasteiger charge is -2.33. The molecule has 2 aromatic heterocycles.